The van der Waals surface area contributed by atoms with Crippen LogP contribution in [0.4, 0.5) is 0 Å². The number of aromatic amines is 1. The standard InChI is InChI=1S/C16H12N4O/c1-2-4-13-7-11(5-6-12(13)3-1)8-21-16-14-15(18-9-17-14)19-10-20-16/h1-7,9-10H,8H2,(H,17,18,19,20). The lowest BCUT2D eigenvalue weighted by Gasteiger charge is -2.06. The van der Waals surface area contributed by atoms with Gasteiger partial charge in [0.25, 0.3) is 0 Å². The van der Waals surface area contributed by atoms with Crippen molar-refractivity contribution in [2.24, 2.45) is 0 Å². The van der Waals surface area contributed by atoms with Crippen LogP contribution in [0.3, 0.4) is 0 Å². The molecule has 4 aromatic rings. The van der Waals surface area contributed by atoms with E-state index in [1.54, 1.807) is 6.33 Å². The Balaban J connectivity index is 1.61. The maximum atomic E-state index is 5.79. The van der Waals surface area contributed by atoms with Crippen LogP contribution in [0.15, 0.2) is 55.1 Å². The van der Waals surface area contributed by atoms with E-state index in [4.69, 9.17) is 4.74 Å². The van der Waals surface area contributed by atoms with Gasteiger partial charge in [-0.05, 0) is 22.4 Å². The maximum absolute atomic E-state index is 5.79. The van der Waals surface area contributed by atoms with Crippen molar-refractivity contribution in [3.05, 3.63) is 60.7 Å². The summed E-state index contributed by atoms with van der Waals surface area (Å²) in [4.78, 5) is 15.3. The van der Waals surface area contributed by atoms with E-state index in [9.17, 15) is 0 Å². The van der Waals surface area contributed by atoms with Crippen LogP contribution in [0.5, 0.6) is 5.88 Å². The van der Waals surface area contributed by atoms with Crippen molar-refractivity contribution in [2.75, 3.05) is 0 Å². The summed E-state index contributed by atoms with van der Waals surface area (Å²) in [5.74, 6) is 0.519. The van der Waals surface area contributed by atoms with E-state index >= 15 is 0 Å². The zero-order chi connectivity index (χ0) is 14.1. The van der Waals surface area contributed by atoms with Crippen molar-refractivity contribution in [3.8, 4) is 5.88 Å². The second-order valence-electron chi connectivity index (χ2n) is 4.75. The van der Waals surface area contributed by atoms with Crippen LogP contribution in [-0.4, -0.2) is 19.9 Å². The number of hydrogen-bond acceptors (Lipinski definition) is 4. The average Bonchev–Trinajstić information content (AvgIpc) is 3.02. The number of rotatable bonds is 3. The van der Waals surface area contributed by atoms with Crippen LogP contribution in [0.25, 0.3) is 21.9 Å². The van der Waals surface area contributed by atoms with Crippen molar-refractivity contribution in [1.82, 2.24) is 19.9 Å². The number of benzene rings is 2. The number of H-pyrrole nitrogens is 1. The van der Waals surface area contributed by atoms with Crippen LogP contribution >= 0.6 is 0 Å². The molecular formula is C16H12N4O. The zero-order valence-electron chi connectivity index (χ0n) is 11.2. The van der Waals surface area contributed by atoms with E-state index in [1.165, 1.54) is 17.1 Å². The molecule has 1 N–H and O–H groups in total. The predicted octanol–water partition coefficient (Wildman–Crippen LogP) is 3.09. The first kappa shape index (κ1) is 11.8. The third kappa shape index (κ3) is 2.18. The molecule has 0 aliphatic rings. The average molecular weight is 276 g/mol. The molecule has 0 saturated heterocycles. The highest BCUT2D eigenvalue weighted by molar-refractivity contribution is 5.83. The molecule has 21 heavy (non-hydrogen) atoms. The van der Waals surface area contributed by atoms with Crippen molar-refractivity contribution >= 4 is 21.9 Å². The molecule has 102 valence electrons. The molecule has 0 spiro atoms. The number of aromatic nitrogens is 4. The smallest absolute Gasteiger partial charge is 0.243 e. The van der Waals surface area contributed by atoms with Crippen LogP contribution in [0.1, 0.15) is 5.56 Å². The molecule has 5 nitrogen and oxygen atoms in total. The van der Waals surface area contributed by atoms with Gasteiger partial charge in [0.1, 0.15) is 18.5 Å². The van der Waals surface area contributed by atoms with E-state index in [0.717, 1.165) is 11.1 Å². The fraction of sp³-hybridized carbons (Fsp3) is 0.0625. The fourth-order valence-electron chi connectivity index (χ4n) is 2.33. The van der Waals surface area contributed by atoms with E-state index in [0.29, 0.717) is 18.1 Å². The third-order valence-electron chi connectivity index (χ3n) is 3.38. The van der Waals surface area contributed by atoms with Gasteiger partial charge in [-0.3, -0.25) is 0 Å². The van der Waals surface area contributed by atoms with Gasteiger partial charge in [-0.2, -0.15) is 4.98 Å². The molecule has 5 heteroatoms. The zero-order valence-corrected chi connectivity index (χ0v) is 11.2. The molecule has 4 rings (SSSR count). The second-order valence-corrected chi connectivity index (χ2v) is 4.75. The topological polar surface area (TPSA) is 63.7 Å². The Morgan fingerprint density at radius 3 is 2.81 bits per heavy atom. The monoisotopic (exact) mass is 276 g/mol. The summed E-state index contributed by atoms with van der Waals surface area (Å²) >= 11 is 0. The first-order valence-corrected chi connectivity index (χ1v) is 6.65. The molecule has 2 aromatic carbocycles. The van der Waals surface area contributed by atoms with Crippen LogP contribution in [0.2, 0.25) is 0 Å². The van der Waals surface area contributed by atoms with Gasteiger partial charge < -0.3 is 9.72 Å². The fourth-order valence-corrected chi connectivity index (χ4v) is 2.33. The lowest BCUT2D eigenvalue weighted by Crippen LogP contribution is -1.98. The van der Waals surface area contributed by atoms with E-state index in [2.05, 4.69) is 50.3 Å². The quantitative estimate of drug-likeness (QED) is 0.624. The molecule has 0 amide bonds. The molecule has 0 unspecified atom stereocenters. The Bertz CT molecular complexity index is 916. The van der Waals surface area contributed by atoms with E-state index in [-0.39, 0.29) is 0 Å². The maximum Gasteiger partial charge on any atom is 0.243 e. The van der Waals surface area contributed by atoms with E-state index < -0.39 is 0 Å². The summed E-state index contributed by atoms with van der Waals surface area (Å²) in [6, 6.07) is 14.5. The highest BCUT2D eigenvalue weighted by atomic mass is 16.5. The van der Waals surface area contributed by atoms with Gasteiger partial charge in [0.05, 0.1) is 6.33 Å². The van der Waals surface area contributed by atoms with Crippen LogP contribution in [-0.2, 0) is 6.61 Å². The molecule has 0 saturated carbocycles. The predicted molar refractivity (Wildman–Crippen MR) is 80.0 cm³/mol. The Hall–Kier alpha value is -2.95. The molecule has 0 atom stereocenters. The Labute approximate surface area is 120 Å². The summed E-state index contributed by atoms with van der Waals surface area (Å²) in [6.45, 7) is 0.454. The number of imidazole rings is 1. The SMILES string of the molecule is c1ccc2cc(COc3ncnc4nc[nH]c34)ccc2c1. The molecular weight excluding hydrogens is 264 g/mol. The number of fused-ring (bicyclic) bond motifs is 2. The molecule has 0 bridgehead atoms. The Kier molecular flexibility index (Phi) is 2.74. The molecule has 0 aliphatic heterocycles. The number of ether oxygens (including phenoxy) is 1. The minimum Gasteiger partial charge on any atom is -0.471 e. The lowest BCUT2D eigenvalue weighted by atomic mass is 10.1. The molecule has 2 aromatic heterocycles. The second kappa shape index (κ2) is 4.86. The summed E-state index contributed by atoms with van der Waals surface area (Å²) in [5, 5.41) is 2.42. The largest absolute Gasteiger partial charge is 0.471 e. The van der Waals surface area contributed by atoms with Crippen LogP contribution in [0, 0.1) is 0 Å². The van der Waals surface area contributed by atoms with Crippen molar-refractivity contribution in [1.29, 1.82) is 0 Å². The third-order valence-corrected chi connectivity index (χ3v) is 3.38. The molecule has 0 fully saturated rings. The van der Waals surface area contributed by atoms with Crippen molar-refractivity contribution < 1.29 is 4.74 Å². The first-order valence-electron chi connectivity index (χ1n) is 6.65. The number of nitrogens with zero attached hydrogens (tertiary/aromatic N) is 3. The van der Waals surface area contributed by atoms with Gasteiger partial charge in [-0.1, -0.05) is 36.4 Å². The van der Waals surface area contributed by atoms with Crippen molar-refractivity contribution in [2.45, 2.75) is 6.61 Å². The van der Waals surface area contributed by atoms with E-state index in [1.807, 2.05) is 12.1 Å². The lowest BCUT2D eigenvalue weighted by molar-refractivity contribution is 0.297. The Morgan fingerprint density at radius 2 is 1.86 bits per heavy atom. The minimum atomic E-state index is 0.454. The highest BCUT2D eigenvalue weighted by Crippen LogP contribution is 2.20. The van der Waals surface area contributed by atoms with Gasteiger partial charge in [-0.25, -0.2) is 9.97 Å². The van der Waals surface area contributed by atoms with Crippen molar-refractivity contribution in [3.63, 3.8) is 0 Å². The number of nitrogens with one attached hydrogen (secondary N) is 1. The summed E-state index contributed by atoms with van der Waals surface area (Å²) in [6.07, 6.45) is 3.04. The van der Waals surface area contributed by atoms with Gasteiger partial charge in [0, 0.05) is 0 Å². The first-order chi connectivity index (χ1) is 10.4. The van der Waals surface area contributed by atoms with Gasteiger partial charge in [0.2, 0.25) is 5.88 Å². The summed E-state index contributed by atoms with van der Waals surface area (Å²) < 4.78 is 5.79. The normalized spacial score (nSPS) is 11.0. The van der Waals surface area contributed by atoms with Gasteiger partial charge >= 0.3 is 0 Å². The highest BCUT2D eigenvalue weighted by Gasteiger charge is 2.07. The summed E-state index contributed by atoms with van der Waals surface area (Å²) in [5.41, 5.74) is 2.43. The summed E-state index contributed by atoms with van der Waals surface area (Å²) in [7, 11) is 0. The Morgan fingerprint density at radius 1 is 0.952 bits per heavy atom. The molecule has 0 aliphatic carbocycles. The van der Waals surface area contributed by atoms with Gasteiger partial charge in [-0.15, -0.1) is 0 Å². The molecule has 0 radical (unpaired) electrons. The van der Waals surface area contributed by atoms with Crippen LogP contribution < -0.4 is 4.74 Å². The number of hydrogen-bond donors (Lipinski definition) is 1. The van der Waals surface area contributed by atoms with Gasteiger partial charge in [0.15, 0.2) is 5.65 Å². The molecule has 2 heterocycles. The minimum absolute atomic E-state index is 0.454.